The van der Waals surface area contributed by atoms with Crippen LogP contribution in [0.25, 0.3) is 0 Å². The van der Waals surface area contributed by atoms with Crippen molar-refractivity contribution in [2.24, 2.45) is 0 Å². The van der Waals surface area contributed by atoms with Gasteiger partial charge in [0.2, 0.25) is 0 Å². The first kappa shape index (κ1) is 12.9. The molecule has 2 rings (SSSR count). The lowest BCUT2D eigenvalue weighted by molar-refractivity contribution is -0.118. The zero-order valence-corrected chi connectivity index (χ0v) is 11.0. The highest BCUT2D eigenvalue weighted by Gasteiger charge is 2.18. The van der Waals surface area contributed by atoms with Crippen molar-refractivity contribution in [3.8, 4) is 0 Å². The Morgan fingerprint density at radius 2 is 2.24 bits per heavy atom. The number of hydrogen-bond acceptors (Lipinski definition) is 2. The summed E-state index contributed by atoms with van der Waals surface area (Å²) in [5.74, 6) is 0.216. The number of hydrogen-bond donors (Lipinski definition) is 1. The quantitative estimate of drug-likeness (QED) is 0.911. The predicted molar refractivity (Wildman–Crippen MR) is 70.8 cm³/mol. The van der Waals surface area contributed by atoms with Crippen molar-refractivity contribution in [2.75, 3.05) is 6.54 Å². The summed E-state index contributed by atoms with van der Waals surface area (Å²) in [5, 5.41) is 4.33. The zero-order chi connectivity index (χ0) is 12.3. The second-order valence-electron chi connectivity index (χ2n) is 4.43. The Morgan fingerprint density at radius 3 is 2.94 bits per heavy atom. The van der Waals surface area contributed by atoms with Gasteiger partial charge in [-0.25, -0.2) is 0 Å². The fourth-order valence-electron chi connectivity index (χ4n) is 2.18. The van der Waals surface area contributed by atoms with Crippen molar-refractivity contribution in [3.63, 3.8) is 0 Å². The summed E-state index contributed by atoms with van der Waals surface area (Å²) in [6.45, 7) is 1.02. The lowest BCUT2D eigenvalue weighted by Gasteiger charge is -2.09. The fourth-order valence-corrected chi connectivity index (χ4v) is 2.56. The van der Waals surface area contributed by atoms with Crippen molar-refractivity contribution in [3.05, 3.63) is 33.8 Å². The number of ketones is 1. The maximum absolute atomic E-state index is 11.9. The van der Waals surface area contributed by atoms with Crippen molar-refractivity contribution < 1.29 is 4.79 Å². The van der Waals surface area contributed by atoms with Crippen LogP contribution in [0.15, 0.2) is 18.2 Å². The number of halogens is 2. The molecule has 1 fully saturated rings. The minimum atomic E-state index is 0.216. The summed E-state index contributed by atoms with van der Waals surface area (Å²) in [5.41, 5.74) is 0.821. The van der Waals surface area contributed by atoms with E-state index in [2.05, 4.69) is 5.32 Å². The number of benzene rings is 1. The number of nitrogens with one attached hydrogen (secondary N) is 1. The summed E-state index contributed by atoms with van der Waals surface area (Å²) >= 11 is 12.0. The zero-order valence-electron chi connectivity index (χ0n) is 9.51. The minimum absolute atomic E-state index is 0.216. The van der Waals surface area contributed by atoms with E-state index >= 15 is 0 Å². The molecule has 0 radical (unpaired) electrons. The van der Waals surface area contributed by atoms with Crippen molar-refractivity contribution >= 4 is 29.0 Å². The molecule has 0 aliphatic carbocycles. The SMILES string of the molecule is O=C(Cc1cccc(Cl)c1Cl)CC1CCCN1. The van der Waals surface area contributed by atoms with E-state index in [0.29, 0.717) is 28.9 Å². The first-order chi connectivity index (χ1) is 8.16. The molecule has 1 aromatic rings. The first-order valence-corrected chi connectivity index (χ1v) is 6.60. The smallest absolute Gasteiger partial charge is 0.138 e. The van der Waals surface area contributed by atoms with Gasteiger partial charge in [-0.05, 0) is 31.0 Å². The van der Waals surface area contributed by atoms with Crippen LogP contribution in [-0.2, 0) is 11.2 Å². The van der Waals surface area contributed by atoms with Crippen LogP contribution in [0.1, 0.15) is 24.8 Å². The number of rotatable bonds is 4. The molecule has 0 aromatic heterocycles. The number of carbonyl (C=O) groups is 1. The van der Waals surface area contributed by atoms with E-state index in [1.165, 1.54) is 0 Å². The topological polar surface area (TPSA) is 29.1 Å². The second-order valence-corrected chi connectivity index (χ2v) is 5.21. The average molecular weight is 272 g/mol. The lowest BCUT2D eigenvalue weighted by atomic mass is 10.0. The van der Waals surface area contributed by atoms with Gasteiger partial charge in [-0.15, -0.1) is 0 Å². The lowest BCUT2D eigenvalue weighted by Crippen LogP contribution is -2.25. The van der Waals surface area contributed by atoms with Crippen molar-refractivity contribution in [1.82, 2.24) is 5.32 Å². The van der Waals surface area contributed by atoms with Crippen LogP contribution in [0.4, 0.5) is 0 Å². The van der Waals surface area contributed by atoms with E-state index in [4.69, 9.17) is 23.2 Å². The van der Waals surface area contributed by atoms with E-state index in [0.717, 1.165) is 24.9 Å². The molecule has 2 nitrogen and oxygen atoms in total. The van der Waals surface area contributed by atoms with Gasteiger partial charge in [-0.2, -0.15) is 0 Å². The van der Waals surface area contributed by atoms with Crippen molar-refractivity contribution in [1.29, 1.82) is 0 Å². The van der Waals surface area contributed by atoms with Crippen molar-refractivity contribution in [2.45, 2.75) is 31.7 Å². The monoisotopic (exact) mass is 271 g/mol. The van der Waals surface area contributed by atoms with Crippen LogP contribution in [0, 0.1) is 0 Å². The molecule has 4 heteroatoms. The third kappa shape index (κ3) is 3.44. The van der Waals surface area contributed by atoms with Gasteiger partial charge in [0, 0.05) is 18.9 Å². The van der Waals surface area contributed by atoms with E-state index < -0.39 is 0 Å². The van der Waals surface area contributed by atoms with Crippen LogP contribution in [-0.4, -0.2) is 18.4 Å². The highest BCUT2D eigenvalue weighted by atomic mass is 35.5. The summed E-state index contributed by atoms with van der Waals surface area (Å²) in [7, 11) is 0. The largest absolute Gasteiger partial charge is 0.314 e. The highest BCUT2D eigenvalue weighted by molar-refractivity contribution is 6.42. The molecule has 1 saturated heterocycles. The normalized spacial score (nSPS) is 19.5. The maximum Gasteiger partial charge on any atom is 0.138 e. The molecular formula is C13H15Cl2NO. The van der Waals surface area contributed by atoms with Crippen LogP contribution < -0.4 is 5.32 Å². The van der Waals surface area contributed by atoms with E-state index in [-0.39, 0.29) is 5.78 Å². The Labute approximate surface area is 111 Å². The first-order valence-electron chi connectivity index (χ1n) is 5.85. The average Bonchev–Trinajstić information content (AvgIpc) is 2.77. The van der Waals surface area contributed by atoms with Gasteiger partial charge >= 0.3 is 0 Å². The third-order valence-electron chi connectivity index (χ3n) is 3.06. The molecule has 1 aromatic carbocycles. The van der Waals surface area contributed by atoms with Crippen LogP contribution in [0.2, 0.25) is 10.0 Å². The van der Waals surface area contributed by atoms with Gasteiger partial charge < -0.3 is 5.32 Å². The summed E-state index contributed by atoms with van der Waals surface area (Å²) in [4.78, 5) is 11.9. The van der Waals surface area contributed by atoms with Gasteiger partial charge in [0.05, 0.1) is 10.0 Å². The Balaban J connectivity index is 1.95. The Hall–Kier alpha value is -0.570. The van der Waals surface area contributed by atoms with E-state index in [1.807, 2.05) is 12.1 Å². The van der Waals surface area contributed by atoms with Gasteiger partial charge in [0.25, 0.3) is 0 Å². The number of Topliss-reactive ketones (excluding diaryl/α,β-unsaturated/α-hetero) is 1. The van der Waals surface area contributed by atoms with E-state index in [9.17, 15) is 4.79 Å². The number of carbonyl (C=O) groups excluding carboxylic acids is 1. The van der Waals surface area contributed by atoms with Gasteiger partial charge in [-0.1, -0.05) is 35.3 Å². The molecule has 1 atom stereocenters. The molecule has 0 amide bonds. The van der Waals surface area contributed by atoms with Gasteiger partial charge in [0.15, 0.2) is 0 Å². The Morgan fingerprint density at radius 1 is 1.41 bits per heavy atom. The molecule has 92 valence electrons. The molecule has 0 bridgehead atoms. The van der Waals surface area contributed by atoms with Crippen LogP contribution in [0.5, 0.6) is 0 Å². The molecule has 1 heterocycles. The summed E-state index contributed by atoms with van der Waals surface area (Å²) in [6, 6.07) is 5.76. The van der Waals surface area contributed by atoms with Crippen LogP contribution in [0.3, 0.4) is 0 Å². The van der Waals surface area contributed by atoms with Gasteiger partial charge in [-0.3, -0.25) is 4.79 Å². The Kier molecular flexibility index (Phi) is 4.43. The molecule has 1 N–H and O–H groups in total. The highest BCUT2D eigenvalue weighted by Crippen LogP contribution is 2.26. The third-order valence-corrected chi connectivity index (χ3v) is 3.91. The molecule has 1 aliphatic rings. The second kappa shape index (κ2) is 5.85. The maximum atomic E-state index is 11.9. The molecule has 1 unspecified atom stereocenters. The summed E-state index contributed by atoms with van der Waals surface area (Å²) < 4.78 is 0. The fraction of sp³-hybridized carbons (Fsp3) is 0.462. The summed E-state index contributed by atoms with van der Waals surface area (Å²) in [6.07, 6.45) is 3.21. The molecule has 17 heavy (non-hydrogen) atoms. The van der Waals surface area contributed by atoms with Crippen LogP contribution >= 0.6 is 23.2 Å². The predicted octanol–water partition coefficient (Wildman–Crippen LogP) is 3.25. The van der Waals surface area contributed by atoms with Gasteiger partial charge in [0.1, 0.15) is 5.78 Å². The van der Waals surface area contributed by atoms with E-state index in [1.54, 1.807) is 6.07 Å². The minimum Gasteiger partial charge on any atom is -0.314 e. The molecule has 1 aliphatic heterocycles. The molecule has 0 spiro atoms. The molecule has 0 saturated carbocycles. The standard InChI is InChI=1S/C13H15Cl2NO/c14-12-5-1-3-9(13(12)15)7-11(17)8-10-4-2-6-16-10/h1,3,5,10,16H,2,4,6-8H2. The molecular weight excluding hydrogens is 257 g/mol. The Bertz CT molecular complexity index is 414.